The Bertz CT molecular complexity index is 483. The standard InChI is InChI=1S/C16H20O4/c1-16(15(18)19-2,12-7-6-8-13(17)11-12)20-14-9-4-3-5-10-14/h3-5,9-10,12H,6-8,11H2,1-2H3. The van der Waals surface area contributed by atoms with E-state index >= 15 is 0 Å². The largest absolute Gasteiger partial charge is 0.476 e. The van der Waals surface area contributed by atoms with Crippen molar-refractivity contribution < 1.29 is 19.1 Å². The smallest absolute Gasteiger partial charge is 0.350 e. The summed E-state index contributed by atoms with van der Waals surface area (Å²) in [5.41, 5.74) is -1.12. The van der Waals surface area contributed by atoms with Crippen molar-refractivity contribution in [1.29, 1.82) is 0 Å². The Morgan fingerprint density at radius 1 is 1.30 bits per heavy atom. The predicted molar refractivity (Wildman–Crippen MR) is 74.5 cm³/mol. The minimum Gasteiger partial charge on any atom is -0.476 e. The number of hydrogen-bond donors (Lipinski definition) is 0. The second kappa shape index (κ2) is 6.07. The van der Waals surface area contributed by atoms with Crippen LogP contribution in [-0.2, 0) is 14.3 Å². The minimum atomic E-state index is -1.12. The summed E-state index contributed by atoms with van der Waals surface area (Å²) in [6.07, 6.45) is 2.57. The molecule has 0 bridgehead atoms. The van der Waals surface area contributed by atoms with E-state index in [1.807, 2.05) is 18.2 Å². The lowest BCUT2D eigenvalue weighted by molar-refractivity contribution is -0.164. The number of Topliss-reactive ketones (excluding diaryl/α,β-unsaturated/α-hetero) is 1. The van der Waals surface area contributed by atoms with E-state index in [9.17, 15) is 9.59 Å². The topological polar surface area (TPSA) is 52.6 Å². The first-order valence-electron chi connectivity index (χ1n) is 6.90. The molecule has 4 nitrogen and oxygen atoms in total. The highest BCUT2D eigenvalue weighted by atomic mass is 16.6. The number of rotatable bonds is 4. The predicted octanol–water partition coefficient (Wildman–Crippen LogP) is 2.76. The van der Waals surface area contributed by atoms with Crippen LogP contribution in [0.15, 0.2) is 30.3 Å². The van der Waals surface area contributed by atoms with Crippen LogP contribution in [0.3, 0.4) is 0 Å². The molecule has 0 heterocycles. The number of carbonyl (C=O) groups excluding carboxylic acids is 2. The summed E-state index contributed by atoms with van der Waals surface area (Å²) in [5.74, 6) is 0.226. The molecule has 0 saturated heterocycles. The van der Waals surface area contributed by atoms with Gasteiger partial charge in [0.2, 0.25) is 5.60 Å². The Morgan fingerprint density at radius 2 is 2.00 bits per heavy atom. The minimum absolute atomic E-state index is 0.142. The van der Waals surface area contributed by atoms with E-state index in [-0.39, 0.29) is 11.7 Å². The van der Waals surface area contributed by atoms with Gasteiger partial charge in [-0.05, 0) is 31.9 Å². The van der Waals surface area contributed by atoms with Crippen LogP contribution in [-0.4, -0.2) is 24.5 Å². The van der Waals surface area contributed by atoms with Crippen molar-refractivity contribution in [2.75, 3.05) is 7.11 Å². The number of hydrogen-bond acceptors (Lipinski definition) is 4. The van der Waals surface area contributed by atoms with Crippen molar-refractivity contribution in [3.63, 3.8) is 0 Å². The lowest BCUT2D eigenvalue weighted by Crippen LogP contribution is -2.50. The SMILES string of the molecule is COC(=O)C(C)(Oc1ccccc1)C1CCCC(=O)C1. The maximum absolute atomic E-state index is 12.2. The van der Waals surface area contributed by atoms with Gasteiger partial charge in [-0.15, -0.1) is 0 Å². The highest BCUT2D eigenvalue weighted by Crippen LogP contribution is 2.35. The summed E-state index contributed by atoms with van der Waals surface area (Å²) in [6.45, 7) is 1.72. The summed E-state index contributed by atoms with van der Waals surface area (Å²) in [5, 5.41) is 0. The van der Waals surface area contributed by atoms with Gasteiger partial charge < -0.3 is 9.47 Å². The molecule has 1 aliphatic carbocycles. The van der Waals surface area contributed by atoms with Gasteiger partial charge in [0, 0.05) is 18.8 Å². The molecule has 0 aromatic heterocycles. The summed E-state index contributed by atoms with van der Waals surface area (Å²) in [6, 6.07) is 9.17. The quantitative estimate of drug-likeness (QED) is 0.793. The molecule has 0 radical (unpaired) electrons. The Morgan fingerprint density at radius 3 is 2.60 bits per heavy atom. The summed E-state index contributed by atoms with van der Waals surface area (Å²) in [7, 11) is 1.35. The van der Waals surface area contributed by atoms with Gasteiger partial charge in [0.25, 0.3) is 0 Å². The molecule has 1 fully saturated rings. The van der Waals surface area contributed by atoms with Crippen LogP contribution in [0.1, 0.15) is 32.6 Å². The van der Waals surface area contributed by atoms with Gasteiger partial charge in [-0.3, -0.25) is 4.79 Å². The first kappa shape index (κ1) is 14.6. The number of para-hydroxylation sites is 1. The van der Waals surface area contributed by atoms with Crippen LogP contribution >= 0.6 is 0 Å². The monoisotopic (exact) mass is 276 g/mol. The Kier molecular flexibility index (Phi) is 4.42. The van der Waals surface area contributed by atoms with Gasteiger partial charge in [0.15, 0.2) is 0 Å². The molecule has 1 saturated carbocycles. The normalized spacial score (nSPS) is 21.9. The Labute approximate surface area is 119 Å². The molecule has 0 N–H and O–H groups in total. The second-order valence-corrected chi connectivity index (χ2v) is 5.35. The van der Waals surface area contributed by atoms with Crippen LogP contribution in [0.2, 0.25) is 0 Å². The molecule has 1 aliphatic rings. The van der Waals surface area contributed by atoms with Crippen molar-refractivity contribution >= 4 is 11.8 Å². The van der Waals surface area contributed by atoms with E-state index in [0.717, 1.165) is 12.8 Å². The maximum Gasteiger partial charge on any atom is 0.350 e. The van der Waals surface area contributed by atoms with Crippen molar-refractivity contribution in [2.45, 2.75) is 38.2 Å². The van der Waals surface area contributed by atoms with Crippen molar-refractivity contribution in [3.05, 3.63) is 30.3 Å². The number of methoxy groups -OCH3 is 1. The highest BCUT2D eigenvalue weighted by molar-refractivity contribution is 5.84. The van der Waals surface area contributed by atoms with Gasteiger partial charge in [-0.2, -0.15) is 0 Å². The molecule has 20 heavy (non-hydrogen) atoms. The van der Waals surface area contributed by atoms with Crippen LogP contribution < -0.4 is 4.74 Å². The molecule has 0 aliphatic heterocycles. The molecule has 1 aromatic carbocycles. The van der Waals surface area contributed by atoms with Crippen LogP contribution in [0.25, 0.3) is 0 Å². The fourth-order valence-corrected chi connectivity index (χ4v) is 2.72. The lowest BCUT2D eigenvalue weighted by Gasteiger charge is -2.37. The van der Waals surface area contributed by atoms with Crippen LogP contribution in [0.4, 0.5) is 0 Å². The summed E-state index contributed by atoms with van der Waals surface area (Å²) >= 11 is 0. The number of ketones is 1. The molecule has 2 unspecified atom stereocenters. The lowest BCUT2D eigenvalue weighted by atomic mass is 9.77. The average Bonchev–Trinajstić information content (AvgIpc) is 2.47. The van der Waals surface area contributed by atoms with Crippen molar-refractivity contribution in [1.82, 2.24) is 0 Å². The summed E-state index contributed by atoms with van der Waals surface area (Å²) < 4.78 is 10.8. The number of ether oxygens (including phenoxy) is 2. The molecule has 108 valence electrons. The molecular formula is C16H20O4. The van der Waals surface area contributed by atoms with Crippen LogP contribution in [0, 0.1) is 5.92 Å². The van der Waals surface area contributed by atoms with Gasteiger partial charge in [-0.25, -0.2) is 4.79 Å². The Balaban J connectivity index is 2.25. The summed E-state index contributed by atoms with van der Waals surface area (Å²) in [4.78, 5) is 23.9. The molecule has 0 spiro atoms. The molecule has 1 aromatic rings. The fourth-order valence-electron chi connectivity index (χ4n) is 2.72. The van der Waals surface area contributed by atoms with E-state index < -0.39 is 11.6 Å². The van der Waals surface area contributed by atoms with Crippen LogP contribution in [0.5, 0.6) is 5.75 Å². The molecule has 2 atom stereocenters. The molecule has 0 amide bonds. The molecular weight excluding hydrogens is 256 g/mol. The van der Waals surface area contributed by atoms with Gasteiger partial charge in [0.05, 0.1) is 7.11 Å². The van der Waals surface area contributed by atoms with Gasteiger partial charge in [-0.1, -0.05) is 18.2 Å². The van der Waals surface area contributed by atoms with Gasteiger partial charge in [0.1, 0.15) is 11.5 Å². The zero-order chi connectivity index (χ0) is 14.6. The molecule has 2 rings (SSSR count). The first-order valence-corrected chi connectivity index (χ1v) is 6.90. The van der Waals surface area contributed by atoms with E-state index in [4.69, 9.17) is 9.47 Å². The van der Waals surface area contributed by atoms with E-state index in [0.29, 0.717) is 18.6 Å². The molecule has 4 heteroatoms. The second-order valence-electron chi connectivity index (χ2n) is 5.35. The zero-order valence-electron chi connectivity index (χ0n) is 11.9. The van der Waals surface area contributed by atoms with Gasteiger partial charge >= 0.3 is 5.97 Å². The van der Waals surface area contributed by atoms with E-state index in [1.165, 1.54) is 7.11 Å². The first-order chi connectivity index (χ1) is 9.56. The van der Waals surface area contributed by atoms with E-state index in [2.05, 4.69) is 0 Å². The fraction of sp³-hybridized carbons (Fsp3) is 0.500. The highest BCUT2D eigenvalue weighted by Gasteiger charge is 2.46. The number of benzene rings is 1. The zero-order valence-corrected chi connectivity index (χ0v) is 11.9. The van der Waals surface area contributed by atoms with Crippen molar-refractivity contribution in [3.8, 4) is 5.75 Å². The Hall–Kier alpha value is -1.84. The third kappa shape index (κ3) is 3.00. The van der Waals surface area contributed by atoms with E-state index in [1.54, 1.807) is 19.1 Å². The maximum atomic E-state index is 12.2. The average molecular weight is 276 g/mol. The number of esters is 1. The van der Waals surface area contributed by atoms with Crippen molar-refractivity contribution in [2.24, 2.45) is 5.92 Å². The third-order valence-electron chi connectivity index (χ3n) is 3.93. The number of carbonyl (C=O) groups is 2. The third-order valence-corrected chi connectivity index (χ3v) is 3.93.